The molecule has 3 fully saturated rings. The molecule has 2 heteroatoms. The fourth-order valence-corrected chi connectivity index (χ4v) is 4.60. The molecule has 2 aromatic carbocycles. The summed E-state index contributed by atoms with van der Waals surface area (Å²) in [6.07, 6.45) is 3.76. The van der Waals surface area contributed by atoms with E-state index in [0.29, 0.717) is 0 Å². The lowest BCUT2D eigenvalue weighted by Crippen LogP contribution is -2.68. The molecule has 22 heavy (non-hydrogen) atoms. The lowest BCUT2D eigenvalue weighted by molar-refractivity contribution is -1.01. The van der Waals surface area contributed by atoms with Crippen molar-refractivity contribution in [2.45, 2.75) is 25.0 Å². The molecule has 1 N–H and O–H groups in total. The van der Waals surface area contributed by atoms with E-state index in [4.69, 9.17) is 0 Å². The molecule has 5 rings (SSSR count). The van der Waals surface area contributed by atoms with Crippen LogP contribution in [0.15, 0.2) is 60.7 Å². The van der Waals surface area contributed by atoms with Crippen LogP contribution in [0.2, 0.25) is 0 Å². The predicted octanol–water partition coefficient (Wildman–Crippen LogP) is 3.51. The molecular weight excluding hydrogens is 270 g/mol. The van der Waals surface area contributed by atoms with Gasteiger partial charge >= 0.3 is 0 Å². The molecule has 0 radical (unpaired) electrons. The van der Waals surface area contributed by atoms with Crippen molar-refractivity contribution in [2.24, 2.45) is 5.92 Å². The van der Waals surface area contributed by atoms with Gasteiger partial charge in [0, 0.05) is 11.1 Å². The van der Waals surface area contributed by atoms with E-state index in [1.165, 1.54) is 19.3 Å². The molecule has 2 bridgehead atoms. The van der Waals surface area contributed by atoms with E-state index in [1.807, 2.05) is 36.4 Å². The first-order chi connectivity index (χ1) is 10.7. The van der Waals surface area contributed by atoms with Gasteiger partial charge in [-0.05, 0) is 49.4 Å². The summed E-state index contributed by atoms with van der Waals surface area (Å²) in [5.41, 5.74) is 1.14. The molecule has 3 aliphatic rings. The summed E-state index contributed by atoms with van der Waals surface area (Å²) < 4.78 is 0.803. The molecular formula is C20H24NO+. The lowest BCUT2D eigenvalue weighted by atomic mass is 9.79. The Morgan fingerprint density at radius 1 is 0.727 bits per heavy atom. The van der Waals surface area contributed by atoms with Crippen molar-refractivity contribution in [1.82, 2.24) is 0 Å². The van der Waals surface area contributed by atoms with Gasteiger partial charge in [0.25, 0.3) is 5.72 Å². The minimum atomic E-state index is -0.923. The van der Waals surface area contributed by atoms with Crippen LogP contribution in [0.1, 0.15) is 30.4 Å². The highest BCUT2D eigenvalue weighted by molar-refractivity contribution is 5.33. The van der Waals surface area contributed by atoms with Crippen LogP contribution in [-0.2, 0) is 5.72 Å². The largest absolute Gasteiger partial charge is 0.335 e. The molecule has 0 spiro atoms. The van der Waals surface area contributed by atoms with Gasteiger partial charge in [-0.1, -0.05) is 36.4 Å². The van der Waals surface area contributed by atoms with Gasteiger partial charge < -0.3 is 5.11 Å². The number of nitrogens with zero attached hydrogens (tertiary/aromatic N) is 1. The summed E-state index contributed by atoms with van der Waals surface area (Å²) >= 11 is 0. The minimum absolute atomic E-state index is 0.803. The van der Waals surface area contributed by atoms with Gasteiger partial charge in [-0.3, -0.25) is 4.48 Å². The molecule has 0 saturated carbocycles. The Morgan fingerprint density at radius 3 is 1.55 bits per heavy atom. The smallest absolute Gasteiger partial charge is 0.254 e. The van der Waals surface area contributed by atoms with E-state index >= 15 is 0 Å². The van der Waals surface area contributed by atoms with Gasteiger partial charge in [-0.15, -0.1) is 0 Å². The minimum Gasteiger partial charge on any atom is -0.335 e. The number of benzene rings is 2. The van der Waals surface area contributed by atoms with Crippen molar-refractivity contribution in [3.05, 3.63) is 71.8 Å². The van der Waals surface area contributed by atoms with E-state index in [1.54, 1.807) is 0 Å². The monoisotopic (exact) mass is 294 g/mol. The second-order valence-corrected chi connectivity index (χ2v) is 6.95. The van der Waals surface area contributed by atoms with Crippen molar-refractivity contribution < 1.29 is 9.59 Å². The van der Waals surface area contributed by atoms with E-state index < -0.39 is 5.72 Å². The van der Waals surface area contributed by atoms with E-state index in [9.17, 15) is 5.11 Å². The molecule has 3 saturated heterocycles. The molecule has 0 aromatic heterocycles. The third-order valence-electron chi connectivity index (χ3n) is 5.94. The third-order valence-corrected chi connectivity index (χ3v) is 5.94. The maximum atomic E-state index is 12.0. The summed E-state index contributed by atoms with van der Waals surface area (Å²) in [6, 6.07) is 20.5. The molecule has 2 aromatic rings. The number of fused-ring (bicyclic) bond motifs is 3. The summed E-state index contributed by atoms with van der Waals surface area (Å²) in [7, 11) is 0. The first-order valence-corrected chi connectivity index (χ1v) is 8.44. The summed E-state index contributed by atoms with van der Waals surface area (Å²) in [5.74, 6) is 0.885. The maximum absolute atomic E-state index is 12.0. The molecule has 3 heterocycles. The highest BCUT2D eigenvalue weighted by atomic mass is 16.3. The topological polar surface area (TPSA) is 20.2 Å². The average molecular weight is 294 g/mol. The zero-order chi connectivity index (χ0) is 15.0. The highest BCUT2D eigenvalue weighted by Crippen LogP contribution is 2.46. The Kier molecular flexibility index (Phi) is 3.32. The lowest BCUT2D eigenvalue weighted by Gasteiger charge is -2.57. The Morgan fingerprint density at radius 2 is 1.14 bits per heavy atom. The maximum Gasteiger partial charge on any atom is 0.254 e. The van der Waals surface area contributed by atoms with Gasteiger partial charge in [0.2, 0.25) is 0 Å². The second-order valence-electron chi connectivity index (χ2n) is 6.95. The molecule has 2 nitrogen and oxygen atoms in total. The van der Waals surface area contributed by atoms with Crippen LogP contribution in [0.5, 0.6) is 0 Å². The van der Waals surface area contributed by atoms with Crippen molar-refractivity contribution >= 4 is 0 Å². The summed E-state index contributed by atoms with van der Waals surface area (Å²) in [6.45, 7) is 3.26. The Hall–Kier alpha value is -1.64. The van der Waals surface area contributed by atoms with Crippen LogP contribution in [-0.4, -0.2) is 29.2 Å². The normalized spacial score (nSPS) is 27.8. The Bertz CT molecular complexity index is 576. The first kappa shape index (κ1) is 14.0. The molecule has 114 valence electrons. The molecule has 0 amide bonds. The zero-order valence-corrected chi connectivity index (χ0v) is 13.0. The Labute approximate surface area is 132 Å². The molecule has 0 aliphatic carbocycles. The van der Waals surface area contributed by atoms with Crippen LogP contribution < -0.4 is 0 Å². The highest BCUT2D eigenvalue weighted by Gasteiger charge is 2.56. The zero-order valence-electron chi connectivity index (χ0n) is 13.0. The van der Waals surface area contributed by atoms with Gasteiger partial charge in [0.15, 0.2) is 0 Å². The van der Waals surface area contributed by atoms with E-state index in [0.717, 1.165) is 41.2 Å². The van der Waals surface area contributed by atoms with Crippen molar-refractivity contribution in [3.63, 3.8) is 0 Å². The second kappa shape index (κ2) is 5.22. The predicted molar refractivity (Wildman–Crippen MR) is 88.1 cm³/mol. The van der Waals surface area contributed by atoms with Crippen LogP contribution in [0.3, 0.4) is 0 Å². The quantitative estimate of drug-likeness (QED) is 0.859. The van der Waals surface area contributed by atoms with Crippen molar-refractivity contribution in [3.8, 4) is 0 Å². The van der Waals surface area contributed by atoms with Crippen molar-refractivity contribution in [1.29, 1.82) is 0 Å². The van der Waals surface area contributed by atoms with Crippen LogP contribution >= 0.6 is 0 Å². The fraction of sp³-hybridized carbons (Fsp3) is 0.400. The first-order valence-electron chi connectivity index (χ1n) is 8.44. The summed E-state index contributed by atoms with van der Waals surface area (Å²) in [4.78, 5) is 0. The number of aliphatic hydroxyl groups is 1. The standard InChI is InChI=1S/C20H24NO/c22-20(18-7-3-1-4-8-18,19-9-5-2-6-10-19)21-14-11-17(12-15-21)13-16-21/h1-10,17,22H,11-16H2/q+1. The van der Waals surface area contributed by atoms with Crippen molar-refractivity contribution in [2.75, 3.05) is 19.6 Å². The van der Waals surface area contributed by atoms with Gasteiger partial charge in [-0.2, -0.15) is 0 Å². The van der Waals surface area contributed by atoms with E-state index in [-0.39, 0.29) is 0 Å². The average Bonchev–Trinajstić information content (AvgIpc) is 2.64. The van der Waals surface area contributed by atoms with Crippen LogP contribution in [0.4, 0.5) is 0 Å². The fourth-order valence-electron chi connectivity index (χ4n) is 4.60. The number of piperidine rings is 3. The number of rotatable bonds is 3. The molecule has 0 unspecified atom stereocenters. The molecule has 0 atom stereocenters. The van der Waals surface area contributed by atoms with Crippen LogP contribution in [0, 0.1) is 5.92 Å². The van der Waals surface area contributed by atoms with Gasteiger partial charge in [0.1, 0.15) is 0 Å². The number of hydrogen-bond acceptors (Lipinski definition) is 1. The Balaban J connectivity index is 1.89. The van der Waals surface area contributed by atoms with Gasteiger partial charge in [-0.25, -0.2) is 0 Å². The van der Waals surface area contributed by atoms with Crippen LogP contribution in [0.25, 0.3) is 0 Å². The number of quaternary nitrogens is 1. The molecule has 3 aliphatic heterocycles. The van der Waals surface area contributed by atoms with E-state index in [2.05, 4.69) is 24.3 Å². The third kappa shape index (κ3) is 1.94. The van der Waals surface area contributed by atoms with Gasteiger partial charge in [0.05, 0.1) is 19.6 Å². The SMILES string of the molecule is OC(c1ccccc1)(c1ccccc1)[N+]12CCC(CC1)CC2. The summed E-state index contributed by atoms with van der Waals surface area (Å²) in [5, 5.41) is 12.0. The number of hydrogen-bond donors (Lipinski definition) is 1.